The summed E-state index contributed by atoms with van der Waals surface area (Å²) in [7, 11) is -5.53. The molecular weight excluding hydrogens is 365 g/mol. The summed E-state index contributed by atoms with van der Waals surface area (Å²) in [5.41, 5.74) is -3.73. The maximum Gasteiger partial charge on any atom is 0.504 e. The fourth-order valence-corrected chi connectivity index (χ4v) is 3.56. The first-order valence-corrected chi connectivity index (χ1v) is 9.05. The summed E-state index contributed by atoms with van der Waals surface area (Å²) >= 11 is 0. The Labute approximate surface area is 145 Å². The monoisotopic (exact) mass is 376 g/mol. The maximum absolute atomic E-state index is 12.8. The Kier molecular flexibility index (Phi) is 3.55. The van der Waals surface area contributed by atoms with Gasteiger partial charge in [0.1, 0.15) is 0 Å². The average Bonchev–Trinajstić information content (AvgIpc) is 3.13. The van der Waals surface area contributed by atoms with Crippen molar-refractivity contribution in [3.05, 3.63) is 80.8 Å². The van der Waals surface area contributed by atoms with Crippen molar-refractivity contribution in [3.8, 4) is 0 Å². The van der Waals surface area contributed by atoms with E-state index in [0.29, 0.717) is 5.22 Å². The molecule has 1 aliphatic rings. The summed E-state index contributed by atoms with van der Waals surface area (Å²) in [6, 6.07) is 14.8. The first kappa shape index (κ1) is 16.6. The van der Waals surface area contributed by atoms with Crippen LogP contribution >= 0.6 is 0 Å². The molecule has 1 aliphatic carbocycles. The van der Waals surface area contributed by atoms with Gasteiger partial charge in [-0.1, -0.05) is 48.5 Å². The van der Waals surface area contributed by atoms with Crippen molar-refractivity contribution in [1.29, 1.82) is 0 Å². The van der Waals surface area contributed by atoms with Gasteiger partial charge in [-0.05, 0) is 28.5 Å². The number of fused-ring (bicyclic) bond motifs is 2. The molecule has 1 N–H and O–H groups in total. The van der Waals surface area contributed by atoms with Gasteiger partial charge in [0.25, 0.3) is 0 Å². The van der Waals surface area contributed by atoms with Crippen molar-refractivity contribution in [3.63, 3.8) is 0 Å². The number of imidazole rings is 1. The Hall–Kier alpha value is -2.87. The van der Waals surface area contributed by atoms with Crippen LogP contribution in [0, 0.1) is 10.6 Å². The van der Waals surface area contributed by atoms with Crippen molar-refractivity contribution >= 4 is 22.0 Å². The van der Waals surface area contributed by atoms with Gasteiger partial charge in [-0.2, -0.15) is 13.2 Å². The van der Waals surface area contributed by atoms with Crippen LogP contribution in [-0.4, -0.2) is 23.9 Å². The number of nitrogens with zero attached hydrogens (tertiary/aromatic N) is 1. The lowest BCUT2D eigenvalue weighted by Gasteiger charge is -2.04. The molecule has 4 rings (SSSR count). The Bertz CT molecular complexity index is 1330. The standard InChI is InChI=1S/C18H11F3N2O2S/c19-18(20,21)26(24,25)17-22-14-10-13-8-4-7-12(15(13)16(14)23-17)9-11-5-2-1-3-6-11/h1-10H,(H,22,23)/b12-9-. The van der Waals surface area contributed by atoms with Crippen molar-refractivity contribution in [2.75, 3.05) is 0 Å². The third-order valence-electron chi connectivity index (χ3n) is 4.06. The molecule has 3 aromatic rings. The van der Waals surface area contributed by atoms with E-state index in [4.69, 9.17) is 0 Å². The van der Waals surface area contributed by atoms with Gasteiger partial charge in [0.15, 0.2) is 0 Å². The quantitative estimate of drug-likeness (QED) is 0.582. The summed E-state index contributed by atoms with van der Waals surface area (Å²) in [6.45, 7) is 0. The van der Waals surface area contributed by atoms with E-state index in [2.05, 4.69) is 9.97 Å². The van der Waals surface area contributed by atoms with E-state index < -0.39 is 20.5 Å². The van der Waals surface area contributed by atoms with E-state index in [0.717, 1.165) is 16.3 Å². The van der Waals surface area contributed by atoms with E-state index in [1.54, 1.807) is 18.2 Å². The maximum atomic E-state index is 12.8. The van der Waals surface area contributed by atoms with E-state index >= 15 is 0 Å². The molecule has 0 bridgehead atoms. The number of hydrogen-bond acceptors (Lipinski definition) is 3. The largest absolute Gasteiger partial charge is 0.504 e. The number of aromatic amines is 1. The number of aromatic nitrogens is 2. The zero-order valence-corrected chi connectivity index (χ0v) is 13.9. The highest BCUT2D eigenvalue weighted by Gasteiger charge is 2.49. The fraction of sp³-hybridized carbons (Fsp3) is 0.0556. The Morgan fingerprint density at radius 3 is 2.42 bits per heavy atom. The lowest BCUT2D eigenvalue weighted by Crippen LogP contribution is -2.24. The van der Waals surface area contributed by atoms with Gasteiger partial charge in [0.05, 0.1) is 10.7 Å². The molecule has 4 nitrogen and oxygen atoms in total. The number of halogens is 3. The van der Waals surface area contributed by atoms with Gasteiger partial charge in [0.2, 0.25) is 5.16 Å². The lowest BCUT2D eigenvalue weighted by molar-refractivity contribution is -0.0440. The zero-order valence-electron chi connectivity index (χ0n) is 13.1. The molecule has 26 heavy (non-hydrogen) atoms. The Morgan fingerprint density at radius 1 is 1.00 bits per heavy atom. The van der Waals surface area contributed by atoms with Gasteiger partial charge in [-0.25, -0.2) is 13.4 Å². The normalized spacial score (nSPS) is 14.0. The lowest BCUT2D eigenvalue weighted by atomic mass is 10.1. The molecule has 0 saturated carbocycles. The number of nitrogens with one attached hydrogen (secondary N) is 1. The molecule has 0 aliphatic heterocycles. The first-order chi connectivity index (χ1) is 12.3. The third kappa shape index (κ3) is 2.53. The molecule has 0 spiro atoms. The molecule has 0 radical (unpaired) electrons. The predicted octanol–water partition coefficient (Wildman–Crippen LogP) is 1.96. The van der Waals surface area contributed by atoms with Crippen LogP contribution in [-0.2, 0) is 9.84 Å². The van der Waals surface area contributed by atoms with Crippen molar-refractivity contribution in [2.24, 2.45) is 0 Å². The van der Waals surface area contributed by atoms with E-state index in [1.165, 1.54) is 0 Å². The highest BCUT2D eigenvalue weighted by Crippen LogP contribution is 2.27. The SMILES string of the molecule is O=S(=O)(c1nc2c([nH]1)=Cc1ccc/c(=C/c3ccccc3)c1=2)C(F)(F)F. The first-order valence-electron chi connectivity index (χ1n) is 7.57. The van der Waals surface area contributed by atoms with Crippen LogP contribution in [0.5, 0.6) is 0 Å². The Morgan fingerprint density at radius 2 is 1.73 bits per heavy atom. The molecule has 0 amide bonds. The van der Waals surface area contributed by atoms with Crippen LogP contribution in [0.25, 0.3) is 12.2 Å². The van der Waals surface area contributed by atoms with E-state index in [9.17, 15) is 21.6 Å². The number of benzene rings is 2. The van der Waals surface area contributed by atoms with Crippen LogP contribution in [0.2, 0.25) is 0 Å². The topological polar surface area (TPSA) is 62.8 Å². The molecule has 2 aromatic carbocycles. The number of rotatable bonds is 2. The van der Waals surface area contributed by atoms with Crippen LogP contribution in [0.4, 0.5) is 13.2 Å². The number of hydrogen-bond donors (Lipinski definition) is 1. The highest BCUT2D eigenvalue weighted by molar-refractivity contribution is 7.92. The summed E-state index contributed by atoms with van der Waals surface area (Å²) in [6.07, 6.45) is 3.46. The second-order valence-electron chi connectivity index (χ2n) is 5.76. The summed E-state index contributed by atoms with van der Waals surface area (Å²) in [5, 5.41) is 0.700. The second-order valence-corrected chi connectivity index (χ2v) is 7.62. The molecule has 0 atom stereocenters. The van der Waals surface area contributed by atoms with Crippen molar-refractivity contribution in [1.82, 2.24) is 9.97 Å². The third-order valence-corrected chi connectivity index (χ3v) is 5.37. The van der Waals surface area contributed by atoms with Gasteiger partial charge in [-0.15, -0.1) is 0 Å². The summed E-state index contributed by atoms with van der Waals surface area (Å²) in [4.78, 5) is 6.05. The van der Waals surface area contributed by atoms with Crippen LogP contribution in [0.1, 0.15) is 11.1 Å². The van der Waals surface area contributed by atoms with Crippen molar-refractivity contribution < 1.29 is 21.6 Å². The molecular formula is C18H11F3N2O2S. The fourth-order valence-electron chi connectivity index (χ4n) is 2.88. The highest BCUT2D eigenvalue weighted by atomic mass is 32.2. The van der Waals surface area contributed by atoms with Gasteiger partial charge < -0.3 is 4.98 Å². The van der Waals surface area contributed by atoms with Gasteiger partial charge >= 0.3 is 15.3 Å². The smallest absolute Gasteiger partial charge is 0.328 e. The zero-order chi connectivity index (χ0) is 18.5. The van der Waals surface area contributed by atoms with Crippen LogP contribution < -0.4 is 10.6 Å². The molecule has 1 heterocycles. The number of alkyl halides is 3. The minimum atomic E-state index is -5.53. The summed E-state index contributed by atoms with van der Waals surface area (Å²) in [5.74, 6) is 0. The number of H-pyrrole nitrogens is 1. The van der Waals surface area contributed by atoms with E-state index in [1.807, 2.05) is 42.5 Å². The average molecular weight is 376 g/mol. The molecule has 132 valence electrons. The molecule has 8 heteroatoms. The van der Waals surface area contributed by atoms with Gasteiger partial charge in [0, 0.05) is 5.22 Å². The number of sulfone groups is 1. The van der Waals surface area contributed by atoms with E-state index in [-0.39, 0.29) is 10.7 Å². The molecule has 0 saturated heterocycles. The predicted molar refractivity (Wildman–Crippen MR) is 88.8 cm³/mol. The minimum absolute atomic E-state index is 0.200. The summed E-state index contributed by atoms with van der Waals surface area (Å²) < 4.78 is 61.6. The molecule has 0 fully saturated rings. The van der Waals surface area contributed by atoms with Gasteiger partial charge in [-0.3, -0.25) is 0 Å². The van der Waals surface area contributed by atoms with Crippen LogP contribution in [0.15, 0.2) is 53.7 Å². The molecule has 1 aromatic heterocycles. The Balaban J connectivity index is 2.05. The van der Waals surface area contributed by atoms with Crippen LogP contribution in [0.3, 0.4) is 0 Å². The second kappa shape index (κ2) is 5.57. The minimum Gasteiger partial charge on any atom is -0.328 e. The molecule has 0 unspecified atom stereocenters. The van der Waals surface area contributed by atoms with Crippen molar-refractivity contribution in [2.45, 2.75) is 10.7 Å².